The molecule has 0 atom stereocenters. The van der Waals surface area contributed by atoms with Crippen LogP contribution in [0.2, 0.25) is 0 Å². The highest BCUT2D eigenvalue weighted by atomic mass is 15.2. The predicted octanol–water partition coefficient (Wildman–Crippen LogP) is 10.4. The molecule has 0 aromatic heterocycles. The topological polar surface area (TPSA) is 6.48 Å². The van der Waals surface area contributed by atoms with Crippen molar-refractivity contribution in [2.24, 2.45) is 0 Å². The van der Waals surface area contributed by atoms with Crippen LogP contribution < -0.4 is 26.2 Å². The van der Waals surface area contributed by atoms with Gasteiger partial charge in [-0.1, -0.05) is 155 Å². The normalized spacial score (nSPS) is 13.4. The molecule has 2 aliphatic heterocycles. The van der Waals surface area contributed by atoms with Crippen molar-refractivity contribution in [2.75, 3.05) is 9.80 Å². The summed E-state index contributed by atoms with van der Waals surface area (Å²) in [6.07, 6.45) is 0. The Morgan fingerprint density at radius 1 is 0.373 bits per heavy atom. The van der Waals surface area contributed by atoms with E-state index in [1.165, 1.54) is 67.1 Å². The van der Waals surface area contributed by atoms with E-state index in [1.54, 1.807) is 0 Å². The molecule has 0 bridgehead atoms. The van der Waals surface area contributed by atoms with E-state index in [4.69, 9.17) is 0 Å². The monoisotopic (exact) mass is 656 g/mol. The van der Waals surface area contributed by atoms with Crippen molar-refractivity contribution in [3.8, 4) is 0 Å². The van der Waals surface area contributed by atoms with E-state index >= 15 is 0 Å². The minimum Gasteiger partial charge on any atom is -0.311 e. The summed E-state index contributed by atoms with van der Waals surface area (Å²) in [5.74, 6) is 0. The zero-order chi connectivity index (χ0) is 34.7. The fourth-order valence-corrected chi connectivity index (χ4v) is 8.62. The van der Waals surface area contributed by atoms with Gasteiger partial charge in [-0.25, -0.2) is 0 Å². The van der Waals surface area contributed by atoms with Gasteiger partial charge in [-0.05, 0) is 87.2 Å². The first-order valence-corrected chi connectivity index (χ1v) is 18.1. The van der Waals surface area contributed by atoms with Crippen LogP contribution in [-0.4, -0.2) is 6.71 Å². The van der Waals surface area contributed by atoms with Crippen LogP contribution in [-0.2, 0) is 10.8 Å². The first kappa shape index (κ1) is 31.2. The molecule has 3 heteroatoms. The molecule has 51 heavy (non-hydrogen) atoms. The summed E-state index contributed by atoms with van der Waals surface area (Å²) in [4.78, 5) is 5.00. The van der Waals surface area contributed by atoms with Crippen LogP contribution in [0.5, 0.6) is 0 Å². The third-order valence-corrected chi connectivity index (χ3v) is 11.4. The Balaban J connectivity index is 1.42. The molecule has 2 nitrogen and oxygen atoms in total. The lowest BCUT2D eigenvalue weighted by molar-refractivity contribution is 0.620. The second kappa shape index (κ2) is 11.9. The van der Waals surface area contributed by atoms with E-state index in [0.717, 1.165) is 5.69 Å². The summed E-state index contributed by atoms with van der Waals surface area (Å²) in [6.45, 7) is 9.61. The summed E-state index contributed by atoms with van der Waals surface area (Å²) in [5, 5.41) is 0. The first-order chi connectivity index (χ1) is 24.9. The quantitative estimate of drug-likeness (QED) is 0.164. The van der Waals surface area contributed by atoms with Crippen LogP contribution >= 0.6 is 0 Å². The second-order valence-electron chi connectivity index (χ2n) is 15.0. The summed E-state index contributed by atoms with van der Waals surface area (Å²) >= 11 is 0. The van der Waals surface area contributed by atoms with Crippen LogP contribution in [0, 0.1) is 0 Å². The van der Waals surface area contributed by atoms with Crippen molar-refractivity contribution < 1.29 is 0 Å². The van der Waals surface area contributed by atoms with Crippen LogP contribution in [0.25, 0.3) is 0 Å². The van der Waals surface area contributed by atoms with Gasteiger partial charge in [0.05, 0.1) is 0 Å². The van der Waals surface area contributed by atoms with Crippen LogP contribution in [0.4, 0.5) is 34.1 Å². The van der Waals surface area contributed by atoms with Gasteiger partial charge in [0.2, 0.25) is 0 Å². The Morgan fingerprint density at radius 3 is 1.39 bits per heavy atom. The number of anilines is 6. The van der Waals surface area contributed by atoms with Gasteiger partial charge in [0, 0.05) is 45.0 Å². The van der Waals surface area contributed by atoms with Crippen molar-refractivity contribution in [1.29, 1.82) is 0 Å². The SMILES string of the molecule is CC(C)(c1ccccc1)c1cc2c(c(C(C)(C)c3ccccc3)c1)B1c3ccccc3N(c3ccccc3)c3cccc(c31)N2c1ccccc1. The summed E-state index contributed by atoms with van der Waals surface area (Å²) in [7, 11) is 0. The van der Waals surface area contributed by atoms with Gasteiger partial charge >= 0.3 is 0 Å². The maximum Gasteiger partial charge on any atom is 0.252 e. The number of benzene rings is 7. The van der Waals surface area contributed by atoms with Crippen molar-refractivity contribution in [2.45, 2.75) is 38.5 Å². The minimum atomic E-state index is -0.297. The predicted molar refractivity (Wildman–Crippen MR) is 218 cm³/mol. The highest BCUT2D eigenvalue weighted by Crippen LogP contribution is 2.47. The average molecular weight is 657 g/mol. The Labute approximate surface area is 302 Å². The lowest BCUT2D eigenvalue weighted by Gasteiger charge is -2.46. The van der Waals surface area contributed by atoms with Gasteiger partial charge in [0.1, 0.15) is 0 Å². The number of hydrogen-bond acceptors (Lipinski definition) is 2. The molecule has 7 aromatic rings. The largest absolute Gasteiger partial charge is 0.311 e. The van der Waals surface area contributed by atoms with Crippen LogP contribution in [0.15, 0.2) is 176 Å². The molecule has 7 aromatic carbocycles. The van der Waals surface area contributed by atoms with Gasteiger partial charge in [-0.15, -0.1) is 0 Å². The number of fused-ring (bicyclic) bond motifs is 4. The van der Waals surface area contributed by atoms with Crippen LogP contribution in [0.1, 0.15) is 49.9 Å². The smallest absolute Gasteiger partial charge is 0.252 e. The highest BCUT2D eigenvalue weighted by Gasteiger charge is 2.46. The molecule has 0 radical (unpaired) electrons. The zero-order valence-corrected chi connectivity index (χ0v) is 29.7. The Morgan fingerprint density at radius 2 is 0.824 bits per heavy atom. The van der Waals surface area contributed by atoms with Crippen molar-refractivity contribution in [3.63, 3.8) is 0 Å². The third kappa shape index (κ3) is 4.87. The fourth-order valence-electron chi connectivity index (χ4n) is 8.62. The molecule has 0 spiro atoms. The molecule has 0 unspecified atom stereocenters. The summed E-state index contributed by atoms with van der Waals surface area (Å²) < 4.78 is 0. The van der Waals surface area contributed by atoms with Gasteiger partial charge < -0.3 is 9.80 Å². The highest BCUT2D eigenvalue weighted by molar-refractivity contribution is 7.00. The van der Waals surface area contributed by atoms with Gasteiger partial charge in [-0.2, -0.15) is 0 Å². The molecule has 0 fully saturated rings. The maximum atomic E-state index is 2.54. The molecule has 2 heterocycles. The molecule has 0 saturated carbocycles. The maximum absolute atomic E-state index is 2.54. The number of hydrogen-bond donors (Lipinski definition) is 0. The van der Waals surface area contributed by atoms with Gasteiger partial charge in [-0.3, -0.25) is 0 Å². The molecule has 246 valence electrons. The van der Waals surface area contributed by atoms with E-state index < -0.39 is 0 Å². The van der Waals surface area contributed by atoms with E-state index in [0.29, 0.717) is 0 Å². The lowest BCUT2D eigenvalue weighted by atomic mass is 9.32. The number of rotatable bonds is 6. The van der Waals surface area contributed by atoms with E-state index in [2.05, 4.69) is 213 Å². The van der Waals surface area contributed by atoms with Crippen LogP contribution in [0.3, 0.4) is 0 Å². The molecular formula is C48H41BN2. The van der Waals surface area contributed by atoms with Gasteiger partial charge in [0.25, 0.3) is 6.71 Å². The van der Waals surface area contributed by atoms with E-state index in [9.17, 15) is 0 Å². The zero-order valence-electron chi connectivity index (χ0n) is 29.7. The number of para-hydroxylation sites is 3. The average Bonchev–Trinajstić information content (AvgIpc) is 3.18. The van der Waals surface area contributed by atoms with E-state index in [-0.39, 0.29) is 17.5 Å². The standard InChI is InChI=1S/C48H41BN2/c1-47(2,34-20-9-5-10-21-34)36-32-39(48(3,4)35-22-11-6-12-23-35)45-44(33-36)51(38-26-15-8-16-27-38)43-31-19-30-42-46(43)49(45)40-28-17-18-29-41(40)50(42)37-24-13-7-14-25-37/h5-33H,1-4H3. The number of nitrogens with zero attached hydrogens (tertiary/aromatic N) is 2. The summed E-state index contributed by atoms with van der Waals surface area (Å²) in [6, 6.07) is 64.8. The Kier molecular flexibility index (Phi) is 7.29. The lowest BCUT2D eigenvalue weighted by Crippen LogP contribution is -2.63. The Bertz CT molecular complexity index is 2370. The molecule has 9 rings (SSSR count). The Hall–Kier alpha value is -5.80. The fraction of sp³-hybridized carbons (Fsp3) is 0.125. The van der Waals surface area contributed by atoms with E-state index in [1.807, 2.05) is 0 Å². The molecule has 0 amide bonds. The molecule has 0 aliphatic carbocycles. The molecule has 0 saturated heterocycles. The molecular weight excluding hydrogens is 615 g/mol. The first-order valence-electron chi connectivity index (χ1n) is 18.1. The van der Waals surface area contributed by atoms with Crippen molar-refractivity contribution in [1.82, 2.24) is 0 Å². The third-order valence-electron chi connectivity index (χ3n) is 11.4. The minimum absolute atomic E-state index is 0.0363. The molecule has 2 aliphatic rings. The van der Waals surface area contributed by atoms with Gasteiger partial charge in [0.15, 0.2) is 0 Å². The molecule has 0 N–H and O–H groups in total. The summed E-state index contributed by atoms with van der Waals surface area (Å²) in [5.41, 5.74) is 16.1. The van der Waals surface area contributed by atoms with Crippen molar-refractivity contribution >= 4 is 57.2 Å². The van der Waals surface area contributed by atoms with Crippen molar-refractivity contribution in [3.05, 3.63) is 198 Å². The second-order valence-corrected chi connectivity index (χ2v) is 15.0.